The topological polar surface area (TPSA) is 62.6 Å². The van der Waals surface area contributed by atoms with E-state index in [1.165, 1.54) is 23.1 Å². The molecule has 4 nitrogen and oxygen atoms in total. The third kappa shape index (κ3) is 8.26. The molecule has 2 N–H and O–H groups in total. The summed E-state index contributed by atoms with van der Waals surface area (Å²) in [6.45, 7) is 24.0. The van der Waals surface area contributed by atoms with Crippen molar-refractivity contribution in [2.24, 2.45) is 16.7 Å². The number of aromatic nitrogens is 1. The number of hydrogen-bond acceptors (Lipinski definition) is 5. The lowest BCUT2D eigenvalue weighted by atomic mass is 9.67. The summed E-state index contributed by atoms with van der Waals surface area (Å²) in [5, 5.41) is 22.9. The number of hydrogen-bond donors (Lipinski definition) is 3. The zero-order chi connectivity index (χ0) is 32.3. The van der Waals surface area contributed by atoms with Crippen molar-refractivity contribution in [1.82, 2.24) is 4.98 Å². The Bertz CT molecular complexity index is 1190. The van der Waals surface area contributed by atoms with E-state index >= 15 is 0 Å². The number of ether oxygens (including phenoxy) is 1. The van der Waals surface area contributed by atoms with E-state index in [0.717, 1.165) is 61.4 Å². The predicted molar refractivity (Wildman–Crippen MR) is 184 cm³/mol. The zero-order valence-electron chi connectivity index (χ0n) is 29.1. The second kappa shape index (κ2) is 14.4. The van der Waals surface area contributed by atoms with Crippen molar-refractivity contribution in [1.29, 1.82) is 0 Å². The van der Waals surface area contributed by atoms with Crippen LogP contribution in [0.4, 0.5) is 0 Å². The van der Waals surface area contributed by atoms with Crippen LogP contribution in [-0.2, 0) is 16.6 Å². The Labute approximate surface area is 268 Å². The monoisotopic (exact) mass is 611 g/mol. The average molecular weight is 612 g/mol. The van der Waals surface area contributed by atoms with Crippen LogP contribution in [0, 0.1) is 16.7 Å². The fourth-order valence-electron chi connectivity index (χ4n) is 6.88. The smallest absolute Gasteiger partial charge is 0.0816 e. The Morgan fingerprint density at radius 3 is 2.02 bits per heavy atom. The van der Waals surface area contributed by atoms with Gasteiger partial charge < -0.3 is 14.9 Å². The van der Waals surface area contributed by atoms with Gasteiger partial charge >= 0.3 is 0 Å². The standard InChI is InChI=1S/C31H43NO3.C6H14.CH4S/c1-18(2)29-28-25(20-10-12-21(13-11-20)31(6)16-35-17-31)19(3)8-7-9-23(33)27(28)26-22(32-29)14-30(4,5)15-24(26)34;1-5-6(2,3)4;1-2/h10-13,18-19,23-25,33-34H,7-9,14-17H2,1-6H3;5H2,1-4H3;2H,1H3. The first-order valence-corrected chi connectivity index (χ1v) is 17.5. The molecule has 1 fully saturated rings. The van der Waals surface area contributed by atoms with Crippen LogP contribution in [0.3, 0.4) is 0 Å². The maximum absolute atomic E-state index is 11.6. The Morgan fingerprint density at radius 1 is 0.953 bits per heavy atom. The van der Waals surface area contributed by atoms with Gasteiger partial charge in [-0.25, -0.2) is 0 Å². The molecule has 0 saturated carbocycles. The van der Waals surface area contributed by atoms with E-state index in [0.29, 0.717) is 17.8 Å². The van der Waals surface area contributed by atoms with Gasteiger partial charge in [0, 0.05) is 28.3 Å². The van der Waals surface area contributed by atoms with Crippen molar-refractivity contribution >= 4 is 12.6 Å². The summed E-state index contributed by atoms with van der Waals surface area (Å²) in [5.74, 6) is 0.809. The highest BCUT2D eigenvalue weighted by Gasteiger charge is 2.41. The molecular formula is C38H61NO3S. The first-order valence-electron chi connectivity index (χ1n) is 16.6. The van der Waals surface area contributed by atoms with Gasteiger partial charge in [0.2, 0.25) is 0 Å². The molecule has 4 unspecified atom stereocenters. The SMILES string of the molecule is CC(C)c1nc2c(c3c1C(c1ccc(C4(C)COC4)cc1)C(C)CCCC3O)C(O)CC(C)(C)C2.CCC(C)(C)C.CS. The van der Waals surface area contributed by atoms with Gasteiger partial charge in [-0.15, -0.1) is 0 Å². The van der Waals surface area contributed by atoms with Crippen LogP contribution in [0.5, 0.6) is 0 Å². The van der Waals surface area contributed by atoms with Crippen LogP contribution >= 0.6 is 12.6 Å². The third-order valence-corrected chi connectivity index (χ3v) is 9.91. The van der Waals surface area contributed by atoms with E-state index in [1.54, 1.807) is 6.26 Å². The van der Waals surface area contributed by atoms with Crippen molar-refractivity contribution in [3.63, 3.8) is 0 Å². The van der Waals surface area contributed by atoms with E-state index in [1.807, 2.05) is 0 Å². The van der Waals surface area contributed by atoms with Gasteiger partial charge in [-0.3, -0.25) is 4.98 Å². The lowest BCUT2D eigenvalue weighted by molar-refractivity contribution is -0.0500. The Kier molecular flexibility index (Phi) is 12.0. The fourth-order valence-corrected chi connectivity index (χ4v) is 6.88. The van der Waals surface area contributed by atoms with Gasteiger partial charge in [-0.05, 0) is 76.9 Å². The first-order chi connectivity index (χ1) is 20.1. The average Bonchev–Trinajstić information content (AvgIpc) is 2.91. The molecule has 1 saturated heterocycles. The summed E-state index contributed by atoms with van der Waals surface area (Å²) in [6, 6.07) is 9.14. The summed E-state index contributed by atoms with van der Waals surface area (Å²) in [7, 11) is 0. The summed E-state index contributed by atoms with van der Waals surface area (Å²) >= 11 is 3.53. The van der Waals surface area contributed by atoms with Gasteiger partial charge in [0.15, 0.2) is 0 Å². The van der Waals surface area contributed by atoms with Gasteiger partial charge in [0.25, 0.3) is 0 Å². The highest BCUT2D eigenvalue weighted by molar-refractivity contribution is 7.79. The number of thiol groups is 1. The molecule has 0 radical (unpaired) electrons. The zero-order valence-corrected chi connectivity index (χ0v) is 29.9. The molecule has 2 heterocycles. The number of rotatable bonds is 3. The number of nitrogens with zero attached hydrogens (tertiary/aromatic N) is 1. The maximum Gasteiger partial charge on any atom is 0.0816 e. The highest BCUT2D eigenvalue weighted by Crippen LogP contribution is 2.51. The lowest BCUT2D eigenvalue weighted by Gasteiger charge is -2.41. The van der Waals surface area contributed by atoms with Crippen LogP contribution in [0.25, 0.3) is 0 Å². The molecule has 0 amide bonds. The molecule has 3 aliphatic rings. The molecule has 4 atom stereocenters. The maximum atomic E-state index is 11.6. The fraction of sp³-hybridized carbons (Fsp3) is 0.711. The van der Waals surface area contributed by atoms with Gasteiger partial charge in [-0.1, -0.05) is 106 Å². The van der Waals surface area contributed by atoms with Crippen molar-refractivity contribution in [2.75, 3.05) is 19.5 Å². The molecule has 1 aromatic heterocycles. The quantitative estimate of drug-likeness (QED) is 0.303. The third-order valence-electron chi connectivity index (χ3n) is 9.91. The van der Waals surface area contributed by atoms with Crippen molar-refractivity contribution in [2.45, 2.75) is 137 Å². The summed E-state index contributed by atoms with van der Waals surface area (Å²) in [5.41, 5.74) is 8.46. The number of pyridine rings is 1. The minimum Gasteiger partial charge on any atom is -0.388 e. The summed E-state index contributed by atoms with van der Waals surface area (Å²) < 4.78 is 5.50. The second-order valence-electron chi connectivity index (χ2n) is 15.9. The number of benzene rings is 1. The minimum atomic E-state index is -0.581. The molecular weight excluding hydrogens is 550 g/mol. The molecule has 242 valence electrons. The molecule has 1 aromatic carbocycles. The van der Waals surface area contributed by atoms with Gasteiger partial charge in [-0.2, -0.15) is 12.6 Å². The molecule has 2 aliphatic carbocycles. The Morgan fingerprint density at radius 2 is 1.53 bits per heavy atom. The van der Waals surface area contributed by atoms with Crippen molar-refractivity contribution in [3.05, 3.63) is 63.5 Å². The van der Waals surface area contributed by atoms with Crippen molar-refractivity contribution < 1.29 is 14.9 Å². The van der Waals surface area contributed by atoms with Crippen LogP contribution in [-0.4, -0.2) is 34.7 Å². The Hall–Kier alpha value is -1.40. The molecule has 1 aliphatic heterocycles. The predicted octanol–water partition coefficient (Wildman–Crippen LogP) is 9.47. The number of fused-ring (bicyclic) bond motifs is 3. The number of aliphatic hydroxyl groups excluding tert-OH is 2. The Balaban J connectivity index is 0.000000566. The van der Waals surface area contributed by atoms with Crippen LogP contribution in [0.1, 0.15) is 165 Å². The molecule has 0 bridgehead atoms. The lowest BCUT2D eigenvalue weighted by Crippen LogP contribution is -2.43. The van der Waals surface area contributed by atoms with Crippen LogP contribution < -0.4 is 0 Å². The van der Waals surface area contributed by atoms with Crippen molar-refractivity contribution in [3.8, 4) is 0 Å². The van der Waals surface area contributed by atoms with E-state index < -0.39 is 12.2 Å². The first kappa shape index (κ1) is 36.1. The number of aliphatic hydroxyl groups is 2. The molecule has 43 heavy (non-hydrogen) atoms. The minimum absolute atomic E-state index is 0.00164. The summed E-state index contributed by atoms with van der Waals surface area (Å²) in [4.78, 5) is 5.28. The normalized spacial score (nSPS) is 25.8. The van der Waals surface area contributed by atoms with E-state index in [9.17, 15) is 10.2 Å². The van der Waals surface area contributed by atoms with E-state index in [4.69, 9.17) is 9.72 Å². The summed E-state index contributed by atoms with van der Waals surface area (Å²) in [6.07, 6.45) is 6.17. The molecule has 5 rings (SSSR count). The molecule has 0 spiro atoms. The van der Waals surface area contributed by atoms with E-state index in [-0.39, 0.29) is 22.7 Å². The van der Waals surface area contributed by atoms with E-state index in [2.05, 4.69) is 106 Å². The van der Waals surface area contributed by atoms with Gasteiger partial charge in [0.1, 0.15) is 0 Å². The molecule has 2 aromatic rings. The van der Waals surface area contributed by atoms with Crippen LogP contribution in [0.2, 0.25) is 0 Å². The second-order valence-corrected chi connectivity index (χ2v) is 15.9. The molecule has 5 heteroatoms. The van der Waals surface area contributed by atoms with Gasteiger partial charge in [0.05, 0.1) is 25.4 Å². The largest absolute Gasteiger partial charge is 0.388 e. The van der Waals surface area contributed by atoms with Crippen LogP contribution in [0.15, 0.2) is 24.3 Å². The highest BCUT2D eigenvalue weighted by atomic mass is 32.1.